The zero-order valence-corrected chi connectivity index (χ0v) is 21.6. The van der Waals surface area contributed by atoms with Gasteiger partial charge in [0.25, 0.3) is 5.91 Å². The average molecular weight is 530 g/mol. The highest BCUT2D eigenvalue weighted by Crippen LogP contribution is 2.20. The normalized spacial score (nSPS) is 13.3. The minimum atomic E-state index is -0.802. The van der Waals surface area contributed by atoms with Gasteiger partial charge >= 0.3 is 11.8 Å². The van der Waals surface area contributed by atoms with E-state index in [1.165, 1.54) is 17.9 Å². The summed E-state index contributed by atoms with van der Waals surface area (Å²) in [6.45, 7) is 2.93. The first-order valence-corrected chi connectivity index (χ1v) is 12.8. The molecular weight excluding hydrogens is 498 g/mol. The fraction of sp³-hybridized carbons (Fsp3) is 0.286. The number of likely N-dealkylation sites (tertiary alicyclic amines) is 1. The number of benzene rings is 2. The van der Waals surface area contributed by atoms with E-state index in [9.17, 15) is 19.2 Å². The Morgan fingerprint density at radius 1 is 0.872 bits per heavy atom. The van der Waals surface area contributed by atoms with Gasteiger partial charge in [-0.3, -0.25) is 19.2 Å². The van der Waals surface area contributed by atoms with Gasteiger partial charge in [0.1, 0.15) is 11.6 Å². The third-order valence-corrected chi connectivity index (χ3v) is 6.15. The Balaban J connectivity index is 1.36. The van der Waals surface area contributed by atoms with Crippen LogP contribution < -0.4 is 21.3 Å². The molecule has 0 spiro atoms. The molecule has 0 radical (unpaired) electrons. The molecule has 2 aromatic carbocycles. The van der Waals surface area contributed by atoms with Gasteiger partial charge in [-0.25, -0.2) is 9.97 Å². The molecule has 0 saturated carbocycles. The van der Waals surface area contributed by atoms with E-state index >= 15 is 0 Å². The number of hydrogen-bond donors (Lipinski definition) is 4. The topological polar surface area (TPSA) is 145 Å². The predicted molar refractivity (Wildman–Crippen MR) is 147 cm³/mol. The lowest BCUT2D eigenvalue weighted by Crippen LogP contribution is -2.49. The summed E-state index contributed by atoms with van der Waals surface area (Å²) in [5.74, 6) is -0.776. The van der Waals surface area contributed by atoms with Crippen LogP contribution in [-0.4, -0.2) is 70.7 Å². The fourth-order valence-electron chi connectivity index (χ4n) is 4.15. The van der Waals surface area contributed by atoms with Gasteiger partial charge in [0.2, 0.25) is 5.91 Å². The molecule has 39 heavy (non-hydrogen) atoms. The number of aromatic nitrogens is 2. The fourth-order valence-corrected chi connectivity index (χ4v) is 4.15. The van der Waals surface area contributed by atoms with E-state index in [2.05, 4.69) is 31.2 Å². The maximum atomic E-state index is 12.9. The number of piperidine rings is 1. The Kier molecular flexibility index (Phi) is 9.17. The molecule has 4 amide bonds. The molecule has 0 bridgehead atoms. The summed E-state index contributed by atoms with van der Waals surface area (Å²) in [6, 6.07) is 19.7. The standard InChI is InChI=1S/C28H31N7O4/c1-19(36)29-14-15-30-23-18-24(33-25(32-23)20-8-4-2-5-9-20)34-27(38)28(39)35-16-12-22(13-17-35)31-26(37)21-10-6-3-7-11-21/h2-11,18,22H,12-17H2,1H3,(H,29,36)(H,31,37)(H2,30,32,33,34,38). The lowest BCUT2D eigenvalue weighted by molar-refractivity contribution is -0.143. The van der Waals surface area contributed by atoms with Crippen LogP contribution >= 0.6 is 0 Å². The van der Waals surface area contributed by atoms with Gasteiger partial charge in [0.05, 0.1) is 0 Å². The summed E-state index contributed by atoms with van der Waals surface area (Å²) >= 11 is 0. The number of nitrogens with zero attached hydrogens (tertiary/aromatic N) is 3. The van der Waals surface area contributed by atoms with Crippen LogP contribution in [-0.2, 0) is 14.4 Å². The molecule has 1 aliphatic heterocycles. The van der Waals surface area contributed by atoms with Crippen molar-refractivity contribution in [3.8, 4) is 11.4 Å². The van der Waals surface area contributed by atoms with Crippen LogP contribution in [0.25, 0.3) is 11.4 Å². The third kappa shape index (κ3) is 7.84. The molecule has 1 aromatic heterocycles. The molecule has 2 heterocycles. The molecular formula is C28H31N7O4. The maximum absolute atomic E-state index is 12.9. The van der Waals surface area contributed by atoms with Crippen molar-refractivity contribution >= 4 is 35.3 Å². The molecule has 11 heteroatoms. The van der Waals surface area contributed by atoms with Crippen LogP contribution in [0.4, 0.5) is 11.6 Å². The lowest BCUT2D eigenvalue weighted by Gasteiger charge is -2.31. The summed E-state index contributed by atoms with van der Waals surface area (Å²) in [5.41, 5.74) is 1.32. The van der Waals surface area contributed by atoms with Crippen molar-refractivity contribution in [2.75, 3.05) is 36.8 Å². The van der Waals surface area contributed by atoms with E-state index in [-0.39, 0.29) is 23.7 Å². The van der Waals surface area contributed by atoms with Crippen LogP contribution in [0.2, 0.25) is 0 Å². The zero-order chi connectivity index (χ0) is 27.6. The summed E-state index contributed by atoms with van der Waals surface area (Å²) < 4.78 is 0. The van der Waals surface area contributed by atoms with Gasteiger partial charge in [-0.1, -0.05) is 48.5 Å². The van der Waals surface area contributed by atoms with Crippen molar-refractivity contribution in [1.82, 2.24) is 25.5 Å². The molecule has 1 fully saturated rings. The third-order valence-electron chi connectivity index (χ3n) is 6.15. The minimum absolute atomic E-state index is 0.0776. The Bertz CT molecular complexity index is 1310. The first kappa shape index (κ1) is 27.2. The van der Waals surface area contributed by atoms with Crippen molar-refractivity contribution in [1.29, 1.82) is 0 Å². The van der Waals surface area contributed by atoms with E-state index in [0.29, 0.717) is 56.2 Å². The van der Waals surface area contributed by atoms with E-state index in [4.69, 9.17) is 0 Å². The molecule has 0 atom stereocenters. The number of carbonyl (C=O) groups excluding carboxylic acids is 4. The summed E-state index contributed by atoms with van der Waals surface area (Å²) in [4.78, 5) is 59.7. The molecule has 4 N–H and O–H groups in total. The Morgan fingerprint density at radius 3 is 2.18 bits per heavy atom. The SMILES string of the molecule is CC(=O)NCCNc1cc(NC(=O)C(=O)N2CCC(NC(=O)c3ccccc3)CC2)nc(-c2ccccc2)n1. The lowest BCUT2D eigenvalue weighted by atomic mass is 10.0. The summed E-state index contributed by atoms with van der Waals surface area (Å²) in [7, 11) is 0. The van der Waals surface area contributed by atoms with E-state index in [1.807, 2.05) is 36.4 Å². The number of anilines is 2. The highest BCUT2D eigenvalue weighted by atomic mass is 16.2. The largest absolute Gasteiger partial charge is 0.368 e. The second-order valence-corrected chi connectivity index (χ2v) is 9.10. The van der Waals surface area contributed by atoms with Crippen LogP contribution in [0, 0.1) is 0 Å². The average Bonchev–Trinajstić information content (AvgIpc) is 2.96. The summed E-state index contributed by atoms with van der Waals surface area (Å²) in [5, 5.41) is 11.4. The van der Waals surface area contributed by atoms with Gasteiger partial charge in [0.15, 0.2) is 5.82 Å². The zero-order valence-electron chi connectivity index (χ0n) is 21.6. The molecule has 1 aliphatic rings. The molecule has 3 aromatic rings. The Hall–Kier alpha value is -4.80. The Labute approximate surface area is 226 Å². The molecule has 0 unspecified atom stereocenters. The monoisotopic (exact) mass is 529 g/mol. The van der Waals surface area contributed by atoms with Gasteiger partial charge < -0.3 is 26.2 Å². The van der Waals surface area contributed by atoms with Crippen molar-refractivity contribution < 1.29 is 19.2 Å². The Morgan fingerprint density at radius 2 is 1.51 bits per heavy atom. The second-order valence-electron chi connectivity index (χ2n) is 9.10. The van der Waals surface area contributed by atoms with Gasteiger partial charge in [-0.15, -0.1) is 0 Å². The van der Waals surface area contributed by atoms with Crippen molar-refractivity contribution in [3.05, 3.63) is 72.3 Å². The number of amides is 4. The predicted octanol–water partition coefficient (Wildman–Crippen LogP) is 2.05. The smallest absolute Gasteiger partial charge is 0.315 e. The first-order valence-electron chi connectivity index (χ1n) is 12.8. The number of hydrogen-bond acceptors (Lipinski definition) is 7. The van der Waals surface area contributed by atoms with Gasteiger partial charge in [0, 0.05) is 56.3 Å². The number of nitrogens with one attached hydrogen (secondary N) is 4. The van der Waals surface area contributed by atoms with Crippen LogP contribution in [0.5, 0.6) is 0 Å². The molecule has 202 valence electrons. The molecule has 4 rings (SSSR count). The van der Waals surface area contributed by atoms with Gasteiger partial charge in [-0.05, 0) is 25.0 Å². The number of carbonyl (C=O) groups is 4. The molecule has 11 nitrogen and oxygen atoms in total. The highest BCUT2D eigenvalue weighted by Gasteiger charge is 2.28. The first-order chi connectivity index (χ1) is 18.9. The summed E-state index contributed by atoms with van der Waals surface area (Å²) in [6.07, 6.45) is 1.09. The number of rotatable bonds is 8. The van der Waals surface area contributed by atoms with Gasteiger partial charge in [-0.2, -0.15) is 0 Å². The van der Waals surface area contributed by atoms with Crippen LogP contribution in [0.15, 0.2) is 66.7 Å². The minimum Gasteiger partial charge on any atom is -0.368 e. The van der Waals surface area contributed by atoms with E-state index in [0.717, 1.165) is 5.56 Å². The van der Waals surface area contributed by atoms with Crippen molar-refractivity contribution in [2.45, 2.75) is 25.8 Å². The quantitative estimate of drug-likeness (QED) is 0.258. The van der Waals surface area contributed by atoms with Crippen LogP contribution in [0.1, 0.15) is 30.1 Å². The second kappa shape index (κ2) is 13.1. The van der Waals surface area contributed by atoms with Crippen molar-refractivity contribution in [2.24, 2.45) is 0 Å². The van der Waals surface area contributed by atoms with E-state index in [1.54, 1.807) is 24.3 Å². The maximum Gasteiger partial charge on any atom is 0.315 e. The van der Waals surface area contributed by atoms with E-state index < -0.39 is 11.8 Å². The molecule has 1 saturated heterocycles. The van der Waals surface area contributed by atoms with Crippen LogP contribution in [0.3, 0.4) is 0 Å². The molecule has 0 aliphatic carbocycles. The van der Waals surface area contributed by atoms with Crippen molar-refractivity contribution in [3.63, 3.8) is 0 Å². The highest BCUT2D eigenvalue weighted by molar-refractivity contribution is 6.39.